The lowest BCUT2D eigenvalue weighted by atomic mass is 9.81. The van der Waals surface area contributed by atoms with E-state index in [0.29, 0.717) is 24.5 Å². The van der Waals surface area contributed by atoms with Crippen molar-refractivity contribution in [3.05, 3.63) is 32.7 Å². The van der Waals surface area contributed by atoms with Crippen LogP contribution in [0.3, 0.4) is 0 Å². The van der Waals surface area contributed by atoms with Crippen LogP contribution in [0.4, 0.5) is 0 Å². The van der Waals surface area contributed by atoms with Crippen molar-refractivity contribution in [2.24, 2.45) is 0 Å². The Balaban J connectivity index is 2.12. The molecule has 0 saturated heterocycles. The van der Waals surface area contributed by atoms with E-state index in [9.17, 15) is 4.79 Å². The zero-order valence-corrected chi connectivity index (χ0v) is 12.9. The number of hydrogen-bond acceptors (Lipinski definition) is 3. The molecule has 3 rings (SSSR count). The molecule has 1 aliphatic heterocycles. The van der Waals surface area contributed by atoms with E-state index in [-0.39, 0.29) is 11.2 Å². The summed E-state index contributed by atoms with van der Waals surface area (Å²) in [5, 5.41) is 7.58. The Morgan fingerprint density at radius 3 is 2.62 bits per heavy atom. The van der Waals surface area contributed by atoms with Crippen LogP contribution in [0, 0.1) is 5.41 Å². The number of pyridine rings is 1. The lowest BCUT2D eigenvalue weighted by Crippen LogP contribution is -2.36. The van der Waals surface area contributed by atoms with E-state index < -0.39 is 0 Å². The molecule has 2 aliphatic rings. The summed E-state index contributed by atoms with van der Waals surface area (Å²) in [6, 6.07) is 0. The molecule has 2 heterocycles. The van der Waals surface area contributed by atoms with Crippen LogP contribution in [0.2, 0.25) is 0 Å². The molecule has 114 valence electrons. The van der Waals surface area contributed by atoms with Gasteiger partial charge in [0.1, 0.15) is 0 Å². The highest BCUT2D eigenvalue weighted by atomic mass is 16.5. The van der Waals surface area contributed by atoms with Crippen molar-refractivity contribution in [1.82, 2.24) is 4.98 Å². The molecule has 4 heteroatoms. The number of fused-ring (bicyclic) bond motifs is 1. The molecule has 4 nitrogen and oxygen atoms in total. The van der Waals surface area contributed by atoms with E-state index in [4.69, 9.17) is 10.1 Å². The van der Waals surface area contributed by atoms with Gasteiger partial charge < -0.3 is 15.1 Å². The van der Waals surface area contributed by atoms with Crippen LogP contribution in [0.5, 0.6) is 0 Å². The van der Waals surface area contributed by atoms with Gasteiger partial charge in [-0.2, -0.15) is 0 Å². The molecule has 0 radical (unpaired) electrons. The van der Waals surface area contributed by atoms with Crippen molar-refractivity contribution in [1.29, 1.82) is 5.41 Å². The average Bonchev–Trinajstić information content (AvgIpc) is 2.46. The van der Waals surface area contributed by atoms with Gasteiger partial charge in [-0.05, 0) is 38.2 Å². The summed E-state index contributed by atoms with van der Waals surface area (Å²) >= 11 is 0. The third kappa shape index (κ3) is 2.69. The minimum absolute atomic E-state index is 0.109. The molecule has 1 saturated carbocycles. The number of aromatic amines is 1. The molecule has 1 fully saturated rings. The normalized spacial score (nSPS) is 21.8. The fraction of sp³-hybridized carbons (Fsp3) is 0.647. The van der Waals surface area contributed by atoms with E-state index in [1.165, 1.54) is 25.5 Å². The van der Waals surface area contributed by atoms with Crippen molar-refractivity contribution in [3.8, 4) is 0 Å². The number of H-pyrrole nitrogens is 1. The Morgan fingerprint density at radius 2 is 1.95 bits per heavy atom. The number of aromatic nitrogens is 1. The van der Waals surface area contributed by atoms with E-state index >= 15 is 0 Å². The maximum absolute atomic E-state index is 12.3. The maximum Gasteiger partial charge on any atom is 0.257 e. The Morgan fingerprint density at radius 1 is 1.24 bits per heavy atom. The van der Waals surface area contributed by atoms with Gasteiger partial charge in [0, 0.05) is 23.9 Å². The molecular weight excluding hydrogens is 264 g/mol. The monoisotopic (exact) mass is 288 g/mol. The summed E-state index contributed by atoms with van der Waals surface area (Å²) in [5.41, 5.74) is 3.39. The lowest BCUT2D eigenvalue weighted by Gasteiger charge is -2.35. The third-order valence-electron chi connectivity index (χ3n) is 4.87. The summed E-state index contributed by atoms with van der Waals surface area (Å²) in [6.45, 7) is 4.64. The number of hydrogen-bond donors (Lipinski definition) is 2. The standard InChI is InChI=1S/C17H24N2O2/c1-17(2)8-12-13(9-18)16(20)19-15(14(12)10-21-17)11-6-4-3-5-7-11/h9,11,18H,3-8,10H2,1-2H3,(H,19,20). The first kappa shape index (κ1) is 14.5. The Hall–Kier alpha value is -1.42. The van der Waals surface area contributed by atoms with Crippen molar-refractivity contribution in [3.63, 3.8) is 0 Å². The summed E-state index contributed by atoms with van der Waals surface area (Å²) in [4.78, 5) is 15.4. The van der Waals surface area contributed by atoms with Gasteiger partial charge >= 0.3 is 0 Å². The first-order valence-electron chi connectivity index (χ1n) is 7.94. The molecule has 21 heavy (non-hydrogen) atoms. The fourth-order valence-corrected chi connectivity index (χ4v) is 3.73. The highest BCUT2D eigenvalue weighted by Crippen LogP contribution is 2.37. The molecule has 1 aromatic heterocycles. The molecule has 0 unspecified atom stereocenters. The van der Waals surface area contributed by atoms with Crippen LogP contribution in [0.15, 0.2) is 4.79 Å². The topological polar surface area (TPSA) is 65.9 Å². The molecule has 0 atom stereocenters. The van der Waals surface area contributed by atoms with Crippen molar-refractivity contribution in [2.45, 2.75) is 70.5 Å². The van der Waals surface area contributed by atoms with Gasteiger partial charge in [-0.1, -0.05) is 19.3 Å². The predicted octanol–water partition coefficient (Wildman–Crippen LogP) is 3.27. The van der Waals surface area contributed by atoms with Crippen LogP contribution in [-0.4, -0.2) is 16.8 Å². The highest BCUT2D eigenvalue weighted by Gasteiger charge is 2.32. The van der Waals surface area contributed by atoms with Gasteiger partial charge in [0.15, 0.2) is 0 Å². The van der Waals surface area contributed by atoms with Crippen molar-refractivity contribution < 1.29 is 4.74 Å². The van der Waals surface area contributed by atoms with Gasteiger partial charge in [0.2, 0.25) is 0 Å². The van der Waals surface area contributed by atoms with E-state index in [0.717, 1.165) is 29.7 Å². The van der Waals surface area contributed by atoms with E-state index in [2.05, 4.69) is 4.98 Å². The quantitative estimate of drug-likeness (QED) is 0.820. The second-order valence-electron chi connectivity index (χ2n) is 6.94. The first-order chi connectivity index (χ1) is 10.0. The molecule has 0 spiro atoms. The minimum Gasteiger partial charge on any atom is -0.370 e. The second-order valence-corrected chi connectivity index (χ2v) is 6.94. The minimum atomic E-state index is -0.262. The zero-order chi connectivity index (χ0) is 15.0. The van der Waals surface area contributed by atoms with Crippen LogP contribution in [0.1, 0.15) is 74.3 Å². The summed E-state index contributed by atoms with van der Waals surface area (Å²) < 4.78 is 5.97. The van der Waals surface area contributed by atoms with Gasteiger partial charge in [-0.3, -0.25) is 4.79 Å². The first-order valence-corrected chi connectivity index (χ1v) is 7.94. The van der Waals surface area contributed by atoms with Gasteiger partial charge in [0.25, 0.3) is 5.56 Å². The van der Waals surface area contributed by atoms with Crippen LogP contribution in [0.25, 0.3) is 0 Å². The highest BCUT2D eigenvalue weighted by molar-refractivity contribution is 5.79. The lowest BCUT2D eigenvalue weighted by molar-refractivity contribution is -0.0409. The molecule has 0 amide bonds. The van der Waals surface area contributed by atoms with Gasteiger partial charge in [0.05, 0.1) is 17.8 Å². The number of ether oxygens (including phenoxy) is 1. The average molecular weight is 288 g/mol. The summed E-state index contributed by atoms with van der Waals surface area (Å²) in [7, 11) is 0. The Labute approximate surface area is 125 Å². The molecule has 0 aromatic carbocycles. The van der Waals surface area contributed by atoms with Crippen molar-refractivity contribution >= 4 is 6.21 Å². The second kappa shape index (κ2) is 5.41. The molecule has 1 aliphatic carbocycles. The van der Waals surface area contributed by atoms with Crippen LogP contribution >= 0.6 is 0 Å². The number of nitrogens with one attached hydrogen (secondary N) is 2. The summed E-state index contributed by atoms with van der Waals surface area (Å²) in [6.07, 6.45) is 7.97. The Kier molecular flexibility index (Phi) is 3.74. The predicted molar refractivity (Wildman–Crippen MR) is 83.3 cm³/mol. The third-order valence-corrected chi connectivity index (χ3v) is 4.87. The summed E-state index contributed by atoms with van der Waals surface area (Å²) in [5.74, 6) is 0.449. The van der Waals surface area contributed by atoms with Crippen LogP contribution in [-0.2, 0) is 17.8 Å². The van der Waals surface area contributed by atoms with Crippen LogP contribution < -0.4 is 5.56 Å². The van der Waals surface area contributed by atoms with E-state index in [1.54, 1.807) is 0 Å². The SMILES string of the molecule is CC1(C)Cc2c(c(C3CCCCC3)[nH]c(=O)c2C=N)CO1. The largest absolute Gasteiger partial charge is 0.370 e. The van der Waals surface area contributed by atoms with Crippen molar-refractivity contribution in [2.75, 3.05) is 0 Å². The van der Waals surface area contributed by atoms with Gasteiger partial charge in [-0.15, -0.1) is 0 Å². The number of rotatable bonds is 2. The van der Waals surface area contributed by atoms with E-state index in [1.807, 2.05) is 13.8 Å². The Bertz CT molecular complexity index is 610. The zero-order valence-electron chi connectivity index (χ0n) is 12.9. The molecule has 0 bridgehead atoms. The fourth-order valence-electron chi connectivity index (χ4n) is 3.73. The molecular formula is C17H24N2O2. The molecule has 1 aromatic rings. The maximum atomic E-state index is 12.3. The smallest absolute Gasteiger partial charge is 0.257 e. The molecule has 2 N–H and O–H groups in total. The van der Waals surface area contributed by atoms with Gasteiger partial charge in [-0.25, -0.2) is 0 Å².